The zero-order valence-corrected chi connectivity index (χ0v) is 52.8. The number of ether oxygens (including phenoxy) is 1. The Morgan fingerprint density at radius 2 is 0.782 bits per heavy atom. The number of esters is 1. The number of carbonyl (C=O) groups excluding carboxylic acids is 2. The van der Waals surface area contributed by atoms with Crippen molar-refractivity contribution in [2.45, 2.75) is 309 Å². The van der Waals surface area contributed by atoms with E-state index in [9.17, 15) is 19.0 Å². The molecule has 0 bridgehead atoms. The predicted molar refractivity (Wildman–Crippen MR) is 337 cm³/mol. The van der Waals surface area contributed by atoms with E-state index < -0.39 is 20.0 Å². The van der Waals surface area contributed by atoms with E-state index in [2.05, 4.69) is 86.8 Å². The summed E-state index contributed by atoms with van der Waals surface area (Å²) in [7, 11) is 1.48. The molecule has 0 aromatic carbocycles. The van der Waals surface area contributed by atoms with Crippen LogP contribution in [-0.2, 0) is 27.9 Å². The molecule has 1 amide bonds. The van der Waals surface area contributed by atoms with Crippen LogP contribution in [0.2, 0.25) is 0 Å². The number of hydrogen-bond acceptors (Lipinski definition) is 6. The van der Waals surface area contributed by atoms with E-state index in [0.29, 0.717) is 23.9 Å². The van der Waals surface area contributed by atoms with E-state index in [1.165, 1.54) is 161 Å². The molecule has 78 heavy (non-hydrogen) atoms. The monoisotopic (exact) mass is 1110 g/mol. The van der Waals surface area contributed by atoms with Crippen molar-refractivity contribution in [2.75, 3.05) is 40.9 Å². The van der Waals surface area contributed by atoms with Gasteiger partial charge in [-0.25, -0.2) is 4.57 Å². The Kier molecular flexibility index (Phi) is 55.8. The van der Waals surface area contributed by atoms with Gasteiger partial charge in [0.05, 0.1) is 33.8 Å². The largest absolute Gasteiger partial charge is 0.472 e. The van der Waals surface area contributed by atoms with Crippen molar-refractivity contribution >= 4 is 19.7 Å². The molecule has 3 atom stereocenters. The van der Waals surface area contributed by atoms with Gasteiger partial charge < -0.3 is 19.4 Å². The highest BCUT2D eigenvalue weighted by atomic mass is 31.2. The van der Waals surface area contributed by atoms with E-state index in [-0.39, 0.29) is 31.5 Å². The molecule has 10 heteroatoms. The average Bonchev–Trinajstić information content (AvgIpc) is 3.40. The van der Waals surface area contributed by atoms with Crippen LogP contribution >= 0.6 is 7.82 Å². The molecule has 0 heterocycles. The number of unbranched alkanes of at least 4 members (excludes halogenated alkanes) is 33. The summed E-state index contributed by atoms with van der Waals surface area (Å²) in [6.45, 7) is 6.98. The lowest BCUT2D eigenvalue weighted by atomic mass is 10.0. The lowest BCUT2D eigenvalue weighted by Crippen LogP contribution is -2.47. The number of carbonyl (C=O) groups is 2. The van der Waals surface area contributed by atoms with Gasteiger partial charge >= 0.3 is 13.8 Å². The highest BCUT2D eigenvalue weighted by Crippen LogP contribution is 2.43. The SMILES string of the molecule is CCCCC/C=C\C/C=C\C/C=C\C/C=C\CCCCCCCCCCCC(=O)NC(COP(=O)(O)OCC[N+](C)(C)C)C(/C=C\CCCCCCCCCCCCC)OC(=O)CCCCC/C=C\CCCCCCCCC. The fraction of sp³-hybridized carbons (Fsp3) is 0.794. The summed E-state index contributed by atoms with van der Waals surface area (Å²) in [5.41, 5.74) is 0. The summed E-state index contributed by atoms with van der Waals surface area (Å²) >= 11 is 0. The molecule has 0 aliphatic carbocycles. The van der Waals surface area contributed by atoms with Crippen LogP contribution in [0.5, 0.6) is 0 Å². The van der Waals surface area contributed by atoms with Crippen LogP contribution in [0.25, 0.3) is 0 Å². The molecule has 9 nitrogen and oxygen atoms in total. The number of phosphoric ester groups is 1. The van der Waals surface area contributed by atoms with Gasteiger partial charge in [0.2, 0.25) is 5.91 Å². The van der Waals surface area contributed by atoms with Gasteiger partial charge in [-0.1, -0.05) is 255 Å². The first-order chi connectivity index (χ1) is 37.9. The first-order valence-corrected chi connectivity index (χ1v) is 34.3. The van der Waals surface area contributed by atoms with Crippen molar-refractivity contribution in [3.63, 3.8) is 0 Å². The molecule has 454 valence electrons. The number of nitrogens with one attached hydrogen (secondary N) is 1. The van der Waals surface area contributed by atoms with Crippen molar-refractivity contribution in [2.24, 2.45) is 0 Å². The molecule has 0 saturated heterocycles. The molecule has 0 aromatic heterocycles. The second kappa shape index (κ2) is 57.7. The standard InChI is InChI=1S/C68H125N2O7P/c1-7-10-13-16-19-22-25-28-30-31-32-33-34-35-36-37-38-39-40-42-45-48-51-54-57-60-67(71)69-65(64-76-78(73,74)75-63-62-70(4,5)6)66(59-56-53-50-47-44-41-27-24-21-18-15-12-9-3)77-68(72)61-58-55-52-49-46-43-29-26-23-20-17-14-11-8-2/h19,22,28,30,32-33,35-36,43,46,56,59,65-66H,7-18,20-21,23-27,29,31,34,37-42,44-45,47-55,57-58,60-64H2,1-6H3,(H-,69,71,73,74)/p+1/b22-19-,30-28-,33-32-,36-35-,46-43-,59-56-. The van der Waals surface area contributed by atoms with E-state index in [1.807, 2.05) is 33.3 Å². The fourth-order valence-electron chi connectivity index (χ4n) is 9.27. The summed E-state index contributed by atoms with van der Waals surface area (Å²) in [4.78, 5) is 37.8. The van der Waals surface area contributed by atoms with Gasteiger partial charge in [-0.05, 0) is 102 Å². The van der Waals surface area contributed by atoms with Gasteiger partial charge in [-0.2, -0.15) is 0 Å². The molecular formula is C68H126N2O7P+. The Bertz CT molecular complexity index is 1570. The van der Waals surface area contributed by atoms with Crippen molar-refractivity contribution in [1.29, 1.82) is 0 Å². The predicted octanol–water partition coefficient (Wildman–Crippen LogP) is 20.4. The van der Waals surface area contributed by atoms with Crippen molar-refractivity contribution in [3.05, 3.63) is 72.9 Å². The maximum absolute atomic E-state index is 13.6. The first-order valence-electron chi connectivity index (χ1n) is 32.8. The molecule has 2 N–H and O–H groups in total. The van der Waals surface area contributed by atoms with Crippen LogP contribution in [0, 0.1) is 0 Å². The summed E-state index contributed by atoms with van der Waals surface area (Å²) in [6.07, 6.45) is 74.7. The third-order valence-electron chi connectivity index (χ3n) is 14.4. The van der Waals surface area contributed by atoms with E-state index in [1.54, 1.807) is 0 Å². The maximum Gasteiger partial charge on any atom is 0.472 e. The van der Waals surface area contributed by atoms with Crippen LogP contribution in [0.4, 0.5) is 0 Å². The van der Waals surface area contributed by atoms with Gasteiger partial charge in [0, 0.05) is 12.8 Å². The second-order valence-electron chi connectivity index (χ2n) is 23.3. The summed E-state index contributed by atoms with van der Waals surface area (Å²) in [5.74, 6) is -0.526. The molecular weight excluding hydrogens is 988 g/mol. The fourth-order valence-corrected chi connectivity index (χ4v) is 10.0. The minimum atomic E-state index is -4.46. The number of hydrogen-bond donors (Lipinski definition) is 2. The van der Waals surface area contributed by atoms with E-state index in [4.69, 9.17) is 13.8 Å². The van der Waals surface area contributed by atoms with E-state index in [0.717, 1.165) is 96.3 Å². The Morgan fingerprint density at radius 3 is 1.22 bits per heavy atom. The topological polar surface area (TPSA) is 111 Å². The molecule has 0 rings (SSSR count). The normalized spacial score (nSPS) is 14.1. The molecule has 0 spiro atoms. The third-order valence-corrected chi connectivity index (χ3v) is 15.4. The van der Waals surface area contributed by atoms with Crippen molar-refractivity contribution < 1.29 is 37.3 Å². The molecule has 0 radical (unpaired) electrons. The maximum atomic E-state index is 13.6. The summed E-state index contributed by atoms with van der Waals surface area (Å²) in [6, 6.07) is -0.860. The molecule has 0 aliphatic heterocycles. The van der Waals surface area contributed by atoms with Crippen LogP contribution in [0.15, 0.2) is 72.9 Å². The molecule has 0 aromatic rings. The average molecular weight is 1110 g/mol. The Labute approximate surface area is 483 Å². The zero-order chi connectivity index (χ0) is 57.2. The van der Waals surface area contributed by atoms with Crippen LogP contribution in [0.3, 0.4) is 0 Å². The highest BCUT2D eigenvalue weighted by molar-refractivity contribution is 7.47. The number of rotatable bonds is 59. The van der Waals surface area contributed by atoms with Crippen LogP contribution in [-0.4, -0.2) is 74.3 Å². The number of likely N-dealkylation sites (N-methyl/N-ethyl adjacent to an activating group) is 1. The smallest absolute Gasteiger partial charge is 0.456 e. The third kappa shape index (κ3) is 58.1. The number of quaternary nitrogens is 1. The van der Waals surface area contributed by atoms with Crippen molar-refractivity contribution in [3.8, 4) is 0 Å². The molecule has 0 fully saturated rings. The minimum Gasteiger partial charge on any atom is -0.456 e. The summed E-state index contributed by atoms with van der Waals surface area (Å²) in [5, 5.41) is 3.06. The molecule has 3 unspecified atom stereocenters. The second-order valence-corrected chi connectivity index (χ2v) is 24.7. The highest BCUT2D eigenvalue weighted by Gasteiger charge is 2.30. The quantitative estimate of drug-likeness (QED) is 0.0205. The minimum absolute atomic E-state index is 0.0350. The Morgan fingerprint density at radius 1 is 0.449 bits per heavy atom. The number of amides is 1. The Hall–Kier alpha value is -2.55. The number of allylic oxidation sites excluding steroid dienone is 11. The Balaban J connectivity index is 5.18. The van der Waals surface area contributed by atoms with Gasteiger partial charge in [0.25, 0.3) is 0 Å². The molecule has 0 saturated carbocycles. The lowest BCUT2D eigenvalue weighted by molar-refractivity contribution is -0.870. The lowest BCUT2D eigenvalue weighted by Gasteiger charge is -2.27. The van der Waals surface area contributed by atoms with Crippen LogP contribution < -0.4 is 5.32 Å². The zero-order valence-electron chi connectivity index (χ0n) is 51.9. The number of phosphoric acid groups is 1. The van der Waals surface area contributed by atoms with Gasteiger partial charge in [0.15, 0.2) is 0 Å². The number of nitrogens with zero attached hydrogens (tertiary/aromatic N) is 1. The van der Waals surface area contributed by atoms with Gasteiger partial charge in [0.1, 0.15) is 19.3 Å². The van der Waals surface area contributed by atoms with Gasteiger partial charge in [-0.15, -0.1) is 0 Å². The van der Waals surface area contributed by atoms with E-state index >= 15 is 0 Å². The van der Waals surface area contributed by atoms with Crippen molar-refractivity contribution in [1.82, 2.24) is 5.32 Å². The van der Waals surface area contributed by atoms with Gasteiger partial charge in [-0.3, -0.25) is 18.6 Å². The summed E-state index contributed by atoms with van der Waals surface area (Å²) < 4.78 is 30.7. The first kappa shape index (κ1) is 75.5. The molecule has 0 aliphatic rings. The van der Waals surface area contributed by atoms with Crippen LogP contribution in [0.1, 0.15) is 297 Å².